The number of amides is 3. The van der Waals surface area contributed by atoms with Gasteiger partial charge in [0.2, 0.25) is 11.8 Å². The fourth-order valence-corrected chi connectivity index (χ4v) is 3.76. The van der Waals surface area contributed by atoms with E-state index < -0.39 is 35.9 Å². The van der Waals surface area contributed by atoms with Crippen LogP contribution in [0.5, 0.6) is 0 Å². The molecular weight excluding hydrogens is 414 g/mol. The predicted molar refractivity (Wildman–Crippen MR) is 116 cm³/mol. The maximum atomic E-state index is 13.0. The molecule has 3 amide bonds. The summed E-state index contributed by atoms with van der Waals surface area (Å²) in [6, 6.07) is 0.662. The number of esters is 1. The summed E-state index contributed by atoms with van der Waals surface area (Å²) in [5.74, 6) is -1.76. The summed E-state index contributed by atoms with van der Waals surface area (Å²) in [6.45, 7) is 1.97. The molecule has 2 aliphatic heterocycles. The maximum absolute atomic E-state index is 13.0. The van der Waals surface area contributed by atoms with Crippen molar-refractivity contribution in [1.29, 1.82) is 0 Å². The highest BCUT2D eigenvalue weighted by atomic mass is 16.5. The van der Waals surface area contributed by atoms with Crippen LogP contribution < -0.4 is 10.6 Å². The molecule has 0 aromatic carbocycles. The van der Waals surface area contributed by atoms with Crippen molar-refractivity contribution in [3.63, 3.8) is 0 Å². The summed E-state index contributed by atoms with van der Waals surface area (Å²) in [4.78, 5) is 60.0. The molecule has 1 aromatic rings. The van der Waals surface area contributed by atoms with Crippen molar-refractivity contribution in [1.82, 2.24) is 20.5 Å². The molecule has 0 unspecified atom stereocenters. The maximum Gasteiger partial charge on any atom is 0.328 e. The fourth-order valence-electron chi connectivity index (χ4n) is 3.76. The summed E-state index contributed by atoms with van der Waals surface area (Å²) in [5.41, 5.74) is 1.09. The van der Waals surface area contributed by atoms with Crippen molar-refractivity contribution >= 4 is 29.9 Å². The van der Waals surface area contributed by atoms with E-state index in [0.717, 1.165) is 0 Å². The van der Waals surface area contributed by atoms with Gasteiger partial charge >= 0.3 is 5.97 Å². The first kappa shape index (κ1) is 23.1. The van der Waals surface area contributed by atoms with Gasteiger partial charge in [0.25, 0.3) is 5.91 Å². The largest absolute Gasteiger partial charge is 0.467 e. The van der Waals surface area contributed by atoms with Gasteiger partial charge in [0, 0.05) is 49.3 Å². The van der Waals surface area contributed by atoms with Crippen LogP contribution in [0.2, 0.25) is 0 Å². The molecule has 3 heterocycles. The normalized spacial score (nSPS) is 19.1. The van der Waals surface area contributed by atoms with E-state index >= 15 is 0 Å². The topological polar surface area (TPSA) is 130 Å². The quantitative estimate of drug-likeness (QED) is 0.568. The van der Waals surface area contributed by atoms with E-state index in [9.17, 15) is 19.2 Å². The molecule has 0 aliphatic carbocycles. The number of methoxy groups -OCH3 is 1. The monoisotopic (exact) mass is 441 g/mol. The average molecular weight is 441 g/mol. The number of aliphatic imine (C=N–C) groups is 1. The number of ether oxygens (including phenoxy) is 1. The minimum Gasteiger partial charge on any atom is -0.467 e. The van der Waals surface area contributed by atoms with Crippen molar-refractivity contribution < 1.29 is 23.9 Å². The highest BCUT2D eigenvalue weighted by molar-refractivity contribution is 5.98. The second-order valence-corrected chi connectivity index (χ2v) is 7.65. The Bertz CT molecular complexity index is 930. The molecule has 10 heteroatoms. The first-order chi connectivity index (χ1) is 15.4. The van der Waals surface area contributed by atoms with Gasteiger partial charge in [0.15, 0.2) is 0 Å². The number of aromatic nitrogens is 1. The third-order valence-corrected chi connectivity index (χ3v) is 5.43. The van der Waals surface area contributed by atoms with E-state index in [1.807, 2.05) is 6.08 Å². The molecule has 2 aliphatic rings. The third kappa shape index (κ3) is 5.57. The Labute approximate surface area is 186 Å². The zero-order valence-corrected chi connectivity index (χ0v) is 18.1. The minimum atomic E-state index is -0.893. The van der Waals surface area contributed by atoms with Crippen LogP contribution in [0.3, 0.4) is 0 Å². The second kappa shape index (κ2) is 10.7. The SMILES string of the molecule is COC(=O)[C@H](CC1=CCC=N1)NC(=O)[C@@H]1CCCN1C(=O)[C@@H](C)NC(=O)c1ccncc1. The van der Waals surface area contributed by atoms with Gasteiger partial charge in [-0.1, -0.05) is 6.08 Å². The van der Waals surface area contributed by atoms with E-state index in [2.05, 4.69) is 20.6 Å². The highest BCUT2D eigenvalue weighted by Crippen LogP contribution is 2.20. The lowest BCUT2D eigenvalue weighted by molar-refractivity contribution is -0.146. The minimum absolute atomic E-state index is 0.216. The Kier molecular flexibility index (Phi) is 7.69. The molecule has 1 fully saturated rings. The summed E-state index contributed by atoms with van der Waals surface area (Å²) in [7, 11) is 1.26. The Balaban J connectivity index is 1.63. The van der Waals surface area contributed by atoms with Gasteiger partial charge in [-0.2, -0.15) is 0 Å². The molecular formula is C22H27N5O5. The number of likely N-dealkylation sites (tertiary alicyclic amines) is 1. The Hall–Kier alpha value is -3.56. The first-order valence-corrected chi connectivity index (χ1v) is 10.5. The van der Waals surface area contributed by atoms with Crippen LogP contribution in [0, 0.1) is 0 Å². The van der Waals surface area contributed by atoms with Gasteiger partial charge in [-0.05, 0) is 31.9 Å². The highest BCUT2D eigenvalue weighted by Gasteiger charge is 2.38. The summed E-state index contributed by atoms with van der Waals surface area (Å²) in [5, 5.41) is 5.37. The second-order valence-electron chi connectivity index (χ2n) is 7.65. The van der Waals surface area contributed by atoms with E-state index in [0.29, 0.717) is 37.1 Å². The summed E-state index contributed by atoms with van der Waals surface area (Å²) >= 11 is 0. The number of allylic oxidation sites excluding steroid dienone is 1. The zero-order chi connectivity index (χ0) is 23.1. The van der Waals surface area contributed by atoms with Crippen LogP contribution in [0.25, 0.3) is 0 Å². The zero-order valence-electron chi connectivity index (χ0n) is 18.1. The summed E-state index contributed by atoms with van der Waals surface area (Å²) < 4.78 is 4.82. The number of nitrogens with zero attached hydrogens (tertiary/aromatic N) is 3. The van der Waals surface area contributed by atoms with Crippen molar-refractivity contribution in [2.24, 2.45) is 4.99 Å². The van der Waals surface area contributed by atoms with Crippen LogP contribution >= 0.6 is 0 Å². The van der Waals surface area contributed by atoms with Crippen molar-refractivity contribution in [2.75, 3.05) is 13.7 Å². The van der Waals surface area contributed by atoms with Crippen molar-refractivity contribution in [2.45, 2.75) is 50.7 Å². The van der Waals surface area contributed by atoms with Gasteiger partial charge in [0.1, 0.15) is 18.1 Å². The van der Waals surface area contributed by atoms with Crippen molar-refractivity contribution in [3.8, 4) is 0 Å². The Morgan fingerprint density at radius 3 is 2.62 bits per heavy atom. The van der Waals surface area contributed by atoms with Gasteiger partial charge in [-0.25, -0.2) is 4.79 Å². The third-order valence-electron chi connectivity index (χ3n) is 5.43. The molecule has 10 nitrogen and oxygen atoms in total. The number of pyridine rings is 1. The molecule has 1 aromatic heterocycles. The van der Waals surface area contributed by atoms with Crippen molar-refractivity contribution in [3.05, 3.63) is 41.9 Å². The first-order valence-electron chi connectivity index (χ1n) is 10.5. The van der Waals surface area contributed by atoms with E-state index in [1.54, 1.807) is 25.3 Å². The number of hydrogen-bond acceptors (Lipinski definition) is 7. The van der Waals surface area contributed by atoms with Gasteiger partial charge in [-0.15, -0.1) is 0 Å². The van der Waals surface area contributed by atoms with Gasteiger partial charge in [-0.3, -0.25) is 24.4 Å². The van der Waals surface area contributed by atoms with Crippen LogP contribution in [0.1, 0.15) is 43.0 Å². The molecule has 32 heavy (non-hydrogen) atoms. The standard InChI is InChI=1S/C22H27N5O5/c1-14(25-19(28)15-7-10-23-11-8-15)21(30)27-12-4-6-18(27)20(29)26-17(22(31)32-2)13-16-5-3-9-24-16/h5,7-11,14,17-18H,3-4,6,12-13H2,1-2H3,(H,25,28)(H,26,29)/t14-,17+,18+/m1/s1. The van der Waals surface area contributed by atoms with E-state index in [-0.39, 0.29) is 12.3 Å². The predicted octanol–water partition coefficient (Wildman–Crippen LogP) is 0.597. The molecule has 0 bridgehead atoms. The van der Waals surface area contributed by atoms with Crippen LogP contribution in [-0.4, -0.2) is 71.6 Å². The lowest BCUT2D eigenvalue weighted by atomic mass is 10.1. The fraction of sp³-hybridized carbons (Fsp3) is 0.455. The Morgan fingerprint density at radius 1 is 1.22 bits per heavy atom. The van der Waals surface area contributed by atoms with Crippen LogP contribution in [-0.2, 0) is 19.1 Å². The summed E-state index contributed by atoms with van der Waals surface area (Å²) in [6.07, 6.45) is 8.61. The molecule has 2 N–H and O–H groups in total. The average Bonchev–Trinajstić information content (AvgIpc) is 3.50. The number of carbonyl (C=O) groups excluding carboxylic acids is 4. The molecule has 3 atom stereocenters. The van der Waals surface area contributed by atoms with E-state index in [4.69, 9.17) is 4.74 Å². The molecule has 3 rings (SSSR count). The molecule has 170 valence electrons. The number of carbonyl (C=O) groups is 4. The van der Waals surface area contributed by atoms with Gasteiger partial charge in [0.05, 0.1) is 7.11 Å². The van der Waals surface area contributed by atoms with Gasteiger partial charge < -0.3 is 20.3 Å². The number of hydrogen-bond donors (Lipinski definition) is 2. The lowest BCUT2D eigenvalue weighted by Crippen LogP contribution is -2.54. The molecule has 0 spiro atoms. The van der Waals surface area contributed by atoms with E-state index in [1.165, 1.54) is 24.4 Å². The van der Waals surface area contributed by atoms with Crippen LogP contribution in [0.15, 0.2) is 41.3 Å². The number of nitrogens with one attached hydrogen (secondary N) is 2. The smallest absolute Gasteiger partial charge is 0.328 e. The number of rotatable bonds is 8. The lowest BCUT2D eigenvalue weighted by Gasteiger charge is -2.28. The molecule has 0 radical (unpaired) electrons. The molecule has 1 saturated heterocycles. The Morgan fingerprint density at radius 2 is 1.97 bits per heavy atom. The van der Waals surface area contributed by atoms with Crippen LogP contribution in [0.4, 0.5) is 0 Å². The molecule has 0 saturated carbocycles.